The Labute approximate surface area is 218 Å². The van der Waals surface area contributed by atoms with Crippen LogP contribution < -0.4 is 10.1 Å². The second-order valence-corrected chi connectivity index (χ2v) is 9.05. The quantitative estimate of drug-likeness (QED) is 0.439. The first kappa shape index (κ1) is 28.2. The standard InChI is InChI=1S/C24H29ClF3N5O4/c1-30(10-5-11-34)23(36)20-22(31(2)15-35)32(3)21(33(20)14-18-9-8-17(25)13-29-18)16-6-4-7-19(12-16)37-24(26,27)28/h4,6-9,12-13,15,18,21,29,34H,5,10-11,14H2,1-3H3. The Bertz CT molecular complexity index is 1090. The van der Waals surface area contributed by atoms with Crippen LogP contribution in [-0.2, 0) is 9.59 Å². The van der Waals surface area contributed by atoms with Crippen LogP contribution in [0.5, 0.6) is 5.75 Å². The van der Waals surface area contributed by atoms with Gasteiger partial charge in [0.25, 0.3) is 5.91 Å². The number of hydrogen-bond acceptors (Lipinski definition) is 7. The summed E-state index contributed by atoms with van der Waals surface area (Å²) in [4.78, 5) is 31.6. The average Bonchev–Trinajstić information content (AvgIpc) is 3.13. The molecule has 2 unspecified atom stereocenters. The topological polar surface area (TPSA) is 88.6 Å². The van der Waals surface area contributed by atoms with Gasteiger partial charge in [-0.05, 0) is 30.2 Å². The molecule has 1 aromatic carbocycles. The molecule has 0 saturated carbocycles. The molecule has 2 aliphatic heterocycles. The predicted molar refractivity (Wildman–Crippen MR) is 131 cm³/mol. The van der Waals surface area contributed by atoms with Gasteiger partial charge in [0.15, 0.2) is 0 Å². The predicted octanol–water partition coefficient (Wildman–Crippen LogP) is 2.54. The number of aliphatic hydroxyl groups is 1. The third-order valence-corrected chi connectivity index (χ3v) is 6.13. The number of nitrogens with one attached hydrogen (secondary N) is 1. The summed E-state index contributed by atoms with van der Waals surface area (Å²) in [6.45, 7) is 0.357. The molecule has 1 aromatic rings. The van der Waals surface area contributed by atoms with E-state index in [0.29, 0.717) is 23.4 Å². The van der Waals surface area contributed by atoms with Crippen LogP contribution >= 0.6 is 11.6 Å². The van der Waals surface area contributed by atoms with Crippen LogP contribution in [0.4, 0.5) is 13.2 Å². The fraction of sp³-hybridized carbons (Fsp3) is 0.417. The van der Waals surface area contributed by atoms with E-state index in [0.717, 1.165) is 0 Å². The lowest BCUT2D eigenvalue weighted by Gasteiger charge is -2.36. The first-order valence-corrected chi connectivity index (χ1v) is 11.8. The smallest absolute Gasteiger partial charge is 0.406 e. The van der Waals surface area contributed by atoms with E-state index in [-0.39, 0.29) is 37.3 Å². The Kier molecular flexibility index (Phi) is 8.98. The average molecular weight is 544 g/mol. The number of carbonyl (C=O) groups is 2. The SMILES string of the molecule is CN(C=O)C1=C(C(=O)N(C)CCCO)N(CC2C=CC(Cl)=CN2)C(c2cccc(OC(F)(F)F)c2)N1C. The number of halogens is 4. The zero-order chi connectivity index (χ0) is 27.3. The molecule has 0 aliphatic carbocycles. The van der Waals surface area contributed by atoms with Crippen LogP contribution in [0.3, 0.4) is 0 Å². The van der Waals surface area contributed by atoms with E-state index >= 15 is 0 Å². The van der Waals surface area contributed by atoms with Gasteiger partial charge in [-0.25, -0.2) is 0 Å². The highest BCUT2D eigenvalue weighted by Crippen LogP contribution is 2.41. The molecule has 0 radical (unpaired) electrons. The van der Waals surface area contributed by atoms with Crippen molar-refractivity contribution in [3.8, 4) is 5.75 Å². The monoisotopic (exact) mass is 543 g/mol. The summed E-state index contributed by atoms with van der Waals surface area (Å²) in [5.74, 6) is -0.548. The van der Waals surface area contributed by atoms with Crippen molar-refractivity contribution in [1.29, 1.82) is 0 Å². The molecule has 0 saturated heterocycles. The van der Waals surface area contributed by atoms with Crippen molar-refractivity contribution < 1.29 is 32.6 Å². The largest absolute Gasteiger partial charge is 0.573 e. The van der Waals surface area contributed by atoms with E-state index in [4.69, 9.17) is 11.6 Å². The van der Waals surface area contributed by atoms with Crippen molar-refractivity contribution in [3.05, 3.63) is 64.7 Å². The van der Waals surface area contributed by atoms with Crippen molar-refractivity contribution in [1.82, 2.24) is 24.9 Å². The summed E-state index contributed by atoms with van der Waals surface area (Å²) >= 11 is 6.02. The number of hydrogen-bond donors (Lipinski definition) is 2. The molecular weight excluding hydrogens is 515 g/mol. The Morgan fingerprint density at radius 2 is 2.05 bits per heavy atom. The summed E-state index contributed by atoms with van der Waals surface area (Å²) in [6, 6.07) is 5.19. The van der Waals surface area contributed by atoms with E-state index in [1.54, 1.807) is 42.2 Å². The third kappa shape index (κ3) is 6.69. The number of benzene rings is 1. The van der Waals surface area contributed by atoms with E-state index in [2.05, 4.69) is 10.1 Å². The lowest BCUT2D eigenvalue weighted by atomic mass is 10.1. The molecule has 37 heavy (non-hydrogen) atoms. The molecule has 202 valence electrons. The normalized spacial score (nSPS) is 19.5. The van der Waals surface area contributed by atoms with Gasteiger partial charge < -0.3 is 34.8 Å². The Morgan fingerprint density at radius 1 is 1.32 bits per heavy atom. The number of alkyl halides is 3. The summed E-state index contributed by atoms with van der Waals surface area (Å²) in [7, 11) is 4.72. The Balaban J connectivity index is 2.10. The van der Waals surface area contributed by atoms with E-state index in [1.807, 2.05) is 6.08 Å². The number of amides is 2. The Hall–Kier alpha value is -3.38. The van der Waals surface area contributed by atoms with E-state index in [9.17, 15) is 27.9 Å². The molecule has 0 bridgehead atoms. The summed E-state index contributed by atoms with van der Waals surface area (Å²) in [6.07, 6.45) is 0.387. The third-order valence-electron chi connectivity index (χ3n) is 5.89. The molecule has 2 atom stereocenters. The van der Waals surface area contributed by atoms with Gasteiger partial charge in [0.05, 0.1) is 11.1 Å². The molecule has 13 heteroatoms. The van der Waals surface area contributed by atoms with Crippen LogP contribution in [0.15, 0.2) is 59.2 Å². The minimum atomic E-state index is -4.88. The number of nitrogens with zero attached hydrogens (tertiary/aromatic N) is 4. The summed E-state index contributed by atoms with van der Waals surface area (Å²) < 4.78 is 42.9. The van der Waals surface area contributed by atoms with Crippen LogP contribution in [0, 0.1) is 0 Å². The number of rotatable bonds is 10. The van der Waals surface area contributed by atoms with Crippen molar-refractivity contribution in [2.45, 2.75) is 25.0 Å². The van der Waals surface area contributed by atoms with Crippen molar-refractivity contribution in [2.75, 3.05) is 40.8 Å². The fourth-order valence-corrected chi connectivity index (χ4v) is 4.44. The molecule has 0 spiro atoms. The minimum Gasteiger partial charge on any atom is -0.406 e. The summed E-state index contributed by atoms with van der Waals surface area (Å²) in [5.41, 5.74) is 0.593. The lowest BCUT2D eigenvalue weighted by Crippen LogP contribution is -2.43. The number of aliphatic hydroxyl groups excluding tert-OH is 1. The van der Waals surface area contributed by atoms with Gasteiger partial charge in [-0.15, -0.1) is 13.2 Å². The first-order valence-electron chi connectivity index (χ1n) is 11.4. The van der Waals surface area contributed by atoms with Gasteiger partial charge in [0.2, 0.25) is 6.41 Å². The van der Waals surface area contributed by atoms with Gasteiger partial charge in [-0.2, -0.15) is 0 Å². The zero-order valence-electron chi connectivity index (χ0n) is 20.6. The van der Waals surface area contributed by atoms with E-state index in [1.165, 1.54) is 35.0 Å². The molecule has 0 fully saturated rings. The highest BCUT2D eigenvalue weighted by Gasteiger charge is 2.43. The number of dihydropyridines is 1. The van der Waals surface area contributed by atoms with Gasteiger partial charge in [0, 0.05) is 47.0 Å². The maximum atomic E-state index is 13.7. The molecule has 9 nitrogen and oxygen atoms in total. The lowest BCUT2D eigenvalue weighted by molar-refractivity contribution is -0.274. The number of likely N-dealkylation sites (N-methyl/N-ethyl adjacent to an activating group) is 1. The van der Waals surface area contributed by atoms with Crippen LogP contribution in [0.25, 0.3) is 0 Å². The second kappa shape index (κ2) is 11.8. The molecule has 2 amide bonds. The van der Waals surface area contributed by atoms with Gasteiger partial charge in [-0.1, -0.05) is 29.8 Å². The van der Waals surface area contributed by atoms with Gasteiger partial charge in [0.1, 0.15) is 23.4 Å². The number of allylic oxidation sites excluding steroid dienone is 2. The molecule has 0 aromatic heterocycles. The highest BCUT2D eigenvalue weighted by molar-refractivity contribution is 6.31. The molecule has 2 aliphatic rings. The van der Waals surface area contributed by atoms with Crippen molar-refractivity contribution in [3.63, 3.8) is 0 Å². The number of carbonyl (C=O) groups excluding carboxylic acids is 2. The second-order valence-electron chi connectivity index (χ2n) is 8.61. The molecule has 2 N–H and O–H groups in total. The highest BCUT2D eigenvalue weighted by atomic mass is 35.5. The zero-order valence-corrected chi connectivity index (χ0v) is 21.3. The molecule has 3 rings (SSSR count). The maximum absolute atomic E-state index is 13.7. The van der Waals surface area contributed by atoms with Gasteiger partial charge >= 0.3 is 6.36 Å². The molecule has 2 heterocycles. The first-order chi connectivity index (χ1) is 17.5. The van der Waals surface area contributed by atoms with Gasteiger partial charge in [-0.3, -0.25) is 9.59 Å². The van der Waals surface area contributed by atoms with Crippen LogP contribution in [0.1, 0.15) is 18.2 Å². The van der Waals surface area contributed by atoms with E-state index < -0.39 is 24.2 Å². The minimum absolute atomic E-state index is 0.111. The van der Waals surface area contributed by atoms with Crippen molar-refractivity contribution in [2.24, 2.45) is 0 Å². The maximum Gasteiger partial charge on any atom is 0.573 e. The molecular formula is C24H29ClF3N5O4. The number of ether oxygens (including phenoxy) is 1. The summed E-state index contributed by atoms with van der Waals surface area (Å²) in [5, 5.41) is 12.8. The van der Waals surface area contributed by atoms with Crippen LogP contribution in [0.2, 0.25) is 0 Å². The fourth-order valence-electron chi connectivity index (χ4n) is 4.31. The Morgan fingerprint density at radius 3 is 2.65 bits per heavy atom. The van der Waals surface area contributed by atoms with Crippen molar-refractivity contribution >= 4 is 23.9 Å². The van der Waals surface area contributed by atoms with Crippen LogP contribution in [-0.4, -0.2) is 90.3 Å².